The van der Waals surface area contributed by atoms with Crippen molar-refractivity contribution in [2.75, 3.05) is 7.11 Å². The summed E-state index contributed by atoms with van der Waals surface area (Å²) in [5.74, 6) is -2.78. The number of methoxy groups -OCH3 is 1. The maximum Gasteiger partial charge on any atom is 0.573 e. The number of nitrogens with zero attached hydrogens (tertiary/aromatic N) is 1. The molecule has 0 radical (unpaired) electrons. The first kappa shape index (κ1) is 16.4. The Bertz CT molecular complexity index is 506. The van der Waals surface area contributed by atoms with Gasteiger partial charge in [-0.1, -0.05) is 0 Å². The van der Waals surface area contributed by atoms with Crippen molar-refractivity contribution in [2.24, 2.45) is 0 Å². The van der Waals surface area contributed by atoms with E-state index in [0.29, 0.717) is 6.07 Å². The molecular weight excluding hydrogens is 313 g/mol. The number of hydrogen-bond acceptors (Lipinski definition) is 4. The Balaban J connectivity index is 3.41. The summed E-state index contributed by atoms with van der Waals surface area (Å²) in [6.45, 7) is 0. The van der Waals surface area contributed by atoms with E-state index in [1.165, 1.54) is 0 Å². The van der Waals surface area contributed by atoms with E-state index in [2.05, 4.69) is 14.5 Å². The molecule has 0 unspecified atom stereocenters. The van der Waals surface area contributed by atoms with Crippen LogP contribution in [0.2, 0.25) is 0 Å². The molecule has 20 heavy (non-hydrogen) atoms. The van der Waals surface area contributed by atoms with E-state index in [9.17, 15) is 26.7 Å². The number of aromatic nitrogens is 1. The van der Waals surface area contributed by atoms with Crippen molar-refractivity contribution in [3.05, 3.63) is 23.0 Å². The molecule has 0 atom stereocenters. The summed E-state index contributed by atoms with van der Waals surface area (Å²) in [5.41, 5.74) is -2.36. The van der Waals surface area contributed by atoms with E-state index in [4.69, 9.17) is 11.6 Å². The fraction of sp³-hybridized carbons (Fsp3) is 0.400. The number of alkyl halides is 6. The number of carbonyl (C=O) groups excluding carboxylic acids is 1. The smallest absolute Gasteiger partial charge is 0.464 e. The van der Waals surface area contributed by atoms with Crippen LogP contribution >= 0.6 is 11.6 Å². The van der Waals surface area contributed by atoms with Gasteiger partial charge in [-0.15, -0.1) is 24.8 Å². The van der Waals surface area contributed by atoms with E-state index >= 15 is 0 Å². The van der Waals surface area contributed by atoms with Crippen LogP contribution in [0.1, 0.15) is 28.2 Å². The van der Waals surface area contributed by atoms with Crippen molar-refractivity contribution < 1.29 is 36.2 Å². The first-order chi connectivity index (χ1) is 9.19. The van der Waals surface area contributed by atoms with Crippen molar-refractivity contribution in [2.45, 2.75) is 18.7 Å². The predicted octanol–water partition coefficient (Wildman–Crippen LogP) is 3.44. The molecule has 0 saturated heterocycles. The van der Waals surface area contributed by atoms with E-state index in [0.717, 1.165) is 7.11 Å². The molecule has 1 aromatic rings. The monoisotopic (exact) mass is 319 g/mol. The first-order valence-corrected chi connectivity index (χ1v) is 5.45. The van der Waals surface area contributed by atoms with Crippen LogP contribution in [-0.2, 0) is 10.6 Å². The predicted molar refractivity (Wildman–Crippen MR) is 56.8 cm³/mol. The number of pyridine rings is 1. The minimum atomic E-state index is -5.10. The minimum Gasteiger partial charge on any atom is -0.464 e. The second-order valence-corrected chi connectivity index (χ2v) is 3.61. The van der Waals surface area contributed by atoms with E-state index < -0.39 is 47.3 Å². The molecule has 0 aliphatic rings. The summed E-state index contributed by atoms with van der Waals surface area (Å²) >= 11 is 5.36. The number of ether oxygens (including phenoxy) is 2. The highest BCUT2D eigenvalue weighted by Crippen LogP contribution is 2.32. The van der Waals surface area contributed by atoms with Crippen molar-refractivity contribution in [3.8, 4) is 5.75 Å². The van der Waals surface area contributed by atoms with Gasteiger partial charge in [0.15, 0.2) is 11.4 Å². The van der Waals surface area contributed by atoms with Gasteiger partial charge >= 0.3 is 12.3 Å². The molecule has 0 aromatic carbocycles. The lowest BCUT2D eigenvalue weighted by molar-refractivity contribution is -0.275. The van der Waals surface area contributed by atoms with Crippen LogP contribution in [0.15, 0.2) is 6.07 Å². The third-order valence-corrected chi connectivity index (χ3v) is 2.31. The van der Waals surface area contributed by atoms with Gasteiger partial charge in [0.25, 0.3) is 6.43 Å². The lowest BCUT2D eigenvalue weighted by atomic mass is 10.1. The fourth-order valence-corrected chi connectivity index (χ4v) is 1.47. The van der Waals surface area contributed by atoms with Crippen molar-refractivity contribution in [1.29, 1.82) is 0 Å². The molecular formula is C10H7ClF5NO3. The summed E-state index contributed by atoms with van der Waals surface area (Å²) in [7, 11) is 0.916. The molecule has 0 aliphatic carbocycles. The van der Waals surface area contributed by atoms with Gasteiger partial charge < -0.3 is 9.47 Å². The molecule has 1 aromatic heterocycles. The molecule has 0 aliphatic heterocycles. The third kappa shape index (κ3) is 3.92. The molecule has 1 rings (SSSR count). The summed E-state index contributed by atoms with van der Waals surface area (Å²) in [5, 5.41) is 0. The van der Waals surface area contributed by atoms with Gasteiger partial charge in [0.2, 0.25) is 0 Å². The molecule has 4 nitrogen and oxygen atoms in total. The summed E-state index contributed by atoms with van der Waals surface area (Å²) in [6, 6.07) is 0.370. The molecule has 0 bridgehead atoms. The zero-order chi connectivity index (χ0) is 15.5. The molecule has 0 saturated carbocycles. The van der Waals surface area contributed by atoms with E-state index in [1.807, 2.05) is 0 Å². The Morgan fingerprint density at radius 3 is 2.45 bits per heavy atom. The second-order valence-electron chi connectivity index (χ2n) is 3.34. The van der Waals surface area contributed by atoms with Crippen molar-refractivity contribution in [1.82, 2.24) is 4.98 Å². The molecule has 112 valence electrons. The van der Waals surface area contributed by atoms with Gasteiger partial charge in [0.1, 0.15) is 0 Å². The Morgan fingerprint density at radius 1 is 1.45 bits per heavy atom. The lowest BCUT2D eigenvalue weighted by Crippen LogP contribution is -2.20. The van der Waals surface area contributed by atoms with Crippen LogP contribution in [0, 0.1) is 0 Å². The number of halogens is 6. The van der Waals surface area contributed by atoms with Gasteiger partial charge in [-0.25, -0.2) is 18.6 Å². The quantitative estimate of drug-likeness (QED) is 0.484. The van der Waals surface area contributed by atoms with Crippen LogP contribution in [0.3, 0.4) is 0 Å². The van der Waals surface area contributed by atoms with E-state index in [1.54, 1.807) is 0 Å². The Hall–Kier alpha value is -1.64. The van der Waals surface area contributed by atoms with Crippen molar-refractivity contribution >= 4 is 17.6 Å². The molecule has 10 heteroatoms. The minimum absolute atomic E-state index is 0.370. The van der Waals surface area contributed by atoms with Gasteiger partial charge in [0, 0.05) is 0 Å². The Morgan fingerprint density at radius 2 is 2.05 bits per heavy atom. The van der Waals surface area contributed by atoms with Crippen LogP contribution < -0.4 is 4.74 Å². The third-order valence-electron chi connectivity index (χ3n) is 2.06. The second kappa shape index (κ2) is 6.21. The maximum absolute atomic E-state index is 12.8. The largest absolute Gasteiger partial charge is 0.573 e. The van der Waals surface area contributed by atoms with Gasteiger partial charge in [-0.3, -0.25) is 0 Å². The lowest BCUT2D eigenvalue weighted by Gasteiger charge is -2.15. The van der Waals surface area contributed by atoms with Crippen LogP contribution in [0.4, 0.5) is 22.0 Å². The highest BCUT2D eigenvalue weighted by Gasteiger charge is 2.34. The fourth-order valence-electron chi connectivity index (χ4n) is 1.28. The standard InChI is InChI=1S/C10H7ClF5NO3/c1-19-9(18)7-4(8(12)13)2-6(5(3-11)17-7)20-10(14,15)16/h2,8H,3H2,1H3. The zero-order valence-corrected chi connectivity index (χ0v) is 10.6. The molecule has 1 heterocycles. The number of esters is 1. The number of carbonyl (C=O) groups is 1. The highest BCUT2D eigenvalue weighted by atomic mass is 35.5. The summed E-state index contributed by atoms with van der Waals surface area (Å²) < 4.78 is 69.7. The summed E-state index contributed by atoms with van der Waals surface area (Å²) in [6.07, 6.45) is -8.34. The van der Waals surface area contributed by atoms with Gasteiger partial charge in [0.05, 0.1) is 24.2 Å². The Labute approximate surface area is 114 Å². The van der Waals surface area contributed by atoms with Gasteiger partial charge in [-0.2, -0.15) is 0 Å². The molecule has 0 fully saturated rings. The highest BCUT2D eigenvalue weighted by molar-refractivity contribution is 6.17. The van der Waals surface area contributed by atoms with Crippen molar-refractivity contribution in [3.63, 3.8) is 0 Å². The molecule has 0 amide bonds. The maximum atomic E-state index is 12.8. The topological polar surface area (TPSA) is 48.4 Å². The average Bonchev–Trinajstić information content (AvgIpc) is 2.35. The SMILES string of the molecule is COC(=O)c1nc(CCl)c(OC(F)(F)F)cc1C(F)F. The van der Waals surface area contributed by atoms with Crippen LogP contribution in [0.25, 0.3) is 0 Å². The normalized spacial score (nSPS) is 11.6. The average molecular weight is 320 g/mol. The number of rotatable bonds is 4. The number of hydrogen-bond donors (Lipinski definition) is 0. The molecule has 0 spiro atoms. The first-order valence-electron chi connectivity index (χ1n) is 4.91. The van der Waals surface area contributed by atoms with Gasteiger partial charge in [-0.05, 0) is 6.07 Å². The van der Waals surface area contributed by atoms with Crippen LogP contribution in [-0.4, -0.2) is 24.4 Å². The molecule has 0 N–H and O–H groups in total. The van der Waals surface area contributed by atoms with E-state index in [-0.39, 0.29) is 0 Å². The summed E-state index contributed by atoms with van der Waals surface area (Å²) in [4.78, 5) is 14.6. The zero-order valence-electron chi connectivity index (χ0n) is 9.80. The Kier molecular flexibility index (Phi) is 5.09. The van der Waals surface area contributed by atoms with Crippen LogP contribution in [0.5, 0.6) is 5.75 Å².